The highest BCUT2D eigenvalue weighted by atomic mass is 35.5. The van der Waals surface area contributed by atoms with Gasteiger partial charge < -0.3 is 4.90 Å². The van der Waals surface area contributed by atoms with E-state index in [0.717, 1.165) is 18.7 Å². The smallest absolute Gasteiger partial charge is 0.255 e. The maximum Gasteiger partial charge on any atom is 0.255 e. The molecule has 23 heavy (non-hydrogen) atoms. The first-order valence-corrected chi connectivity index (χ1v) is 7.88. The maximum absolute atomic E-state index is 12.5. The Labute approximate surface area is 139 Å². The van der Waals surface area contributed by atoms with Gasteiger partial charge in [0, 0.05) is 31.7 Å². The highest BCUT2D eigenvalue weighted by Gasteiger charge is 2.60. The molecule has 0 radical (unpaired) electrons. The molecule has 2 atom stereocenters. The van der Waals surface area contributed by atoms with Gasteiger partial charge in [-0.15, -0.1) is 0 Å². The molecule has 1 saturated carbocycles. The van der Waals surface area contributed by atoms with Gasteiger partial charge in [-0.1, -0.05) is 23.6 Å². The number of hydrogen-bond donors (Lipinski definition) is 0. The number of amides is 1. The Kier molecular flexibility index (Phi) is 3.32. The first kappa shape index (κ1) is 14.2. The molecule has 2 aromatic rings. The zero-order valence-corrected chi connectivity index (χ0v) is 13.1. The molecule has 2 unspecified atom stereocenters. The summed E-state index contributed by atoms with van der Waals surface area (Å²) in [5.74, 6) is 6.94. The third-order valence-corrected chi connectivity index (χ3v) is 4.70. The molecule has 0 bridgehead atoms. The van der Waals surface area contributed by atoms with Gasteiger partial charge in [0.1, 0.15) is 5.69 Å². The van der Waals surface area contributed by atoms with E-state index in [4.69, 9.17) is 11.6 Å². The molecule has 5 heteroatoms. The molecular weight excluding hydrogens is 310 g/mol. The van der Waals surface area contributed by atoms with Crippen LogP contribution in [0.15, 0.2) is 42.9 Å². The summed E-state index contributed by atoms with van der Waals surface area (Å²) in [6.07, 6.45) is 5.89. The summed E-state index contributed by atoms with van der Waals surface area (Å²) >= 11 is 5.92. The van der Waals surface area contributed by atoms with Gasteiger partial charge in [0.05, 0.1) is 16.0 Å². The van der Waals surface area contributed by atoms with Gasteiger partial charge in [-0.2, -0.15) is 0 Å². The predicted octanol–water partition coefficient (Wildman–Crippen LogP) is 2.64. The SMILES string of the molecule is O=C(c1cncc(Cl)c1)N1CC2CC2(C#Cc2ccccn2)C1. The van der Waals surface area contributed by atoms with Crippen molar-refractivity contribution in [2.45, 2.75) is 6.42 Å². The zero-order chi connectivity index (χ0) is 15.9. The Morgan fingerprint density at radius 2 is 2.30 bits per heavy atom. The van der Waals surface area contributed by atoms with Crippen LogP contribution >= 0.6 is 11.6 Å². The van der Waals surface area contributed by atoms with E-state index < -0.39 is 0 Å². The highest BCUT2D eigenvalue weighted by molar-refractivity contribution is 6.30. The lowest BCUT2D eigenvalue weighted by atomic mass is 10.1. The van der Waals surface area contributed by atoms with E-state index in [0.29, 0.717) is 23.0 Å². The molecule has 1 aliphatic carbocycles. The van der Waals surface area contributed by atoms with E-state index >= 15 is 0 Å². The van der Waals surface area contributed by atoms with E-state index in [1.165, 1.54) is 6.20 Å². The van der Waals surface area contributed by atoms with Crippen LogP contribution < -0.4 is 0 Å². The fourth-order valence-electron chi connectivity index (χ4n) is 3.17. The van der Waals surface area contributed by atoms with Crippen molar-refractivity contribution in [1.82, 2.24) is 14.9 Å². The van der Waals surface area contributed by atoms with Crippen LogP contribution in [0.5, 0.6) is 0 Å². The number of aromatic nitrogens is 2. The number of halogens is 1. The summed E-state index contributed by atoms with van der Waals surface area (Å²) in [4.78, 5) is 22.6. The van der Waals surface area contributed by atoms with Gasteiger partial charge in [-0.3, -0.25) is 9.78 Å². The first-order valence-electron chi connectivity index (χ1n) is 7.50. The zero-order valence-electron chi connectivity index (χ0n) is 12.4. The van der Waals surface area contributed by atoms with Crippen LogP contribution in [0, 0.1) is 23.2 Å². The van der Waals surface area contributed by atoms with Gasteiger partial charge in [0.2, 0.25) is 0 Å². The maximum atomic E-state index is 12.5. The van der Waals surface area contributed by atoms with Crippen molar-refractivity contribution >= 4 is 17.5 Å². The molecule has 1 aliphatic heterocycles. The van der Waals surface area contributed by atoms with Gasteiger partial charge in [0.15, 0.2) is 0 Å². The molecule has 0 aromatic carbocycles. The second kappa shape index (κ2) is 5.36. The molecule has 2 aromatic heterocycles. The molecule has 114 valence electrons. The van der Waals surface area contributed by atoms with Crippen LogP contribution in [0.3, 0.4) is 0 Å². The van der Waals surface area contributed by atoms with Crippen LogP contribution in [0.4, 0.5) is 0 Å². The minimum atomic E-state index is -0.0564. The number of piperidine rings is 1. The van der Waals surface area contributed by atoms with Crippen molar-refractivity contribution in [2.75, 3.05) is 13.1 Å². The van der Waals surface area contributed by atoms with Gasteiger partial charge in [0.25, 0.3) is 5.91 Å². The van der Waals surface area contributed by atoms with E-state index in [9.17, 15) is 4.79 Å². The monoisotopic (exact) mass is 323 g/mol. The van der Waals surface area contributed by atoms with Crippen molar-refractivity contribution in [2.24, 2.45) is 11.3 Å². The number of likely N-dealkylation sites (tertiary alicyclic amines) is 1. The van der Waals surface area contributed by atoms with Crippen molar-refractivity contribution in [3.05, 3.63) is 59.1 Å². The van der Waals surface area contributed by atoms with E-state index in [1.54, 1.807) is 18.5 Å². The summed E-state index contributed by atoms with van der Waals surface area (Å²) in [5.41, 5.74) is 1.25. The molecule has 0 spiro atoms. The molecule has 0 N–H and O–H groups in total. The molecule has 1 saturated heterocycles. The lowest BCUT2D eigenvalue weighted by molar-refractivity contribution is 0.0770. The van der Waals surface area contributed by atoms with Crippen LogP contribution in [0.1, 0.15) is 22.5 Å². The fraction of sp³-hybridized carbons (Fsp3) is 0.278. The lowest BCUT2D eigenvalue weighted by Gasteiger charge is -2.19. The number of fused-ring (bicyclic) bond motifs is 1. The largest absolute Gasteiger partial charge is 0.337 e. The minimum Gasteiger partial charge on any atom is -0.337 e. The quantitative estimate of drug-likeness (QED) is 0.758. The molecule has 2 aliphatic rings. The van der Waals surface area contributed by atoms with E-state index in [-0.39, 0.29) is 11.3 Å². The summed E-state index contributed by atoms with van der Waals surface area (Å²) in [5, 5.41) is 0.477. The first-order chi connectivity index (χ1) is 11.2. The molecule has 1 amide bonds. The highest BCUT2D eigenvalue weighted by Crippen LogP contribution is 2.57. The fourth-order valence-corrected chi connectivity index (χ4v) is 3.34. The number of rotatable bonds is 1. The van der Waals surface area contributed by atoms with Crippen LogP contribution in [0.25, 0.3) is 0 Å². The Hall–Kier alpha value is -2.38. The third kappa shape index (κ3) is 2.69. The van der Waals surface area contributed by atoms with Crippen LogP contribution in [-0.2, 0) is 0 Å². The van der Waals surface area contributed by atoms with E-state index in [2.05, 4.69) is 21.8 Å². The minimum absolute atomic E-state index is 0.0220. The van der Waals surface area contributed by atoms with Crippen molar-refractivity contribution in [3.8, 4) is 11.8 Å². The van der Waals surface area contributed by atoms with Gasteiger partial charge in [-0.05, 0) is 36.5 Å². The topological polar surface area (TPSA) is 46.1 Å². The third-order valence-electron chi connectivity index (χ3n) is 4.49. The molecule has 3 heterocycles. The lowest BCUT2D eigenvalue weighted by Crippen LogP contribution is -2.31. The van der Waals surface area contributed by atoms with E-state index in [1.807, 2.05) is 23.1 Å². The van der Waals surface area contributed by atoms with Crippen LogP contribution in [0.2, 0.25) is 5.02 Å². The average molecular weight is 324 g/mol. The number of carbonyl (C=O) groups excluding carboxylic acids is 1. The Balaban J connectivity index is 1.50. The van der Waals surface area contributed by atoms with Crippen molar-refractivity contribution in [1.29, 1.82) is 0 Å². The number of nitrogens with zero attached hydrogens (tertiary/aromatic N) is 3. The summed E-state index contributed by atoms with van der Waals surface area (Å²) in [6, 6.07) is 7.36. The Morgan fingerprint density at radius 1 is 1.39 bits per heavy atom. The standard InChI is InChI=1S/C18H14ClN3O/c19-15-7-13(9-20-10-15)17(23)22-11-14-8-18(14,12-22)5-4-16-3-1-2-6-21-16/h1-3,6-7,9-10,14H,8,11-12H2. The van der Waals surface area contributed by atoms with Gasteiger partial charge in [-0.25, -0.2) is 4.98 Å². The normalized spacial score (nSPS) is 24.6. The molecule has 2 fully saturated rings. The van der Waals surface area contributed by atoms with Crippen LogP contribution in [-0.4, -0.2) is 33.9 Å². The van der Waals surface area contributed by atoms with Crippen molar-refractivity contribution < 1.29 is 4.79 Å². The molecule has 4 rings (SSSR count). The molecular formula is C18H14ClN3O. The Morgan fingerprint density at radius 3 is 3.09 bits per heavy atom. The average Bonchev–Trinajstić information content (AvgIpc) is 3.14. The predicted molar refractivity (Wildman–Crippen MR) is 86.8 cm³/mol. The second-order valence-corrected chi connectivity index (χ2v) is 6.54. The van der Waals surface area contributed by atoms with Crippen molar-refractivity contribution in [3.63, 3.8) is 0 Å². The number of hydrogen-bond acceptors (Lipinski definition) is 3. The Bertz CT molecular complexity index is 827. The summed E-state index contributed by atoms with van der Waals surface area (Å²) in [7, 11) is 0. The molecule has 4 nitrogen and oxygen atoms in total. The van der Waals surface area contributed by atoms with Gasteiger partial charge >= 0.3 is 0 Å². The summed E-state index contributed by atoms with van der Waals surface area (Å²) < 4.78 is 0. The number of pyridine rings is 2. The second-order valence-electron chi connectivity index (χ2n) is 6.10. The summed E-state index contributed by atoms with van der Waals surface area (Å²) in [6.45, 7) is 1.42. The number of carbonyl (C=O) groups is 1.